The van der Waals surface area contributed by atoms with Gasteiger partial charge in [-0.05, 0) is 49.6 Å². The van der Waals surface area contributed by atoms with Crippen LogP contribution in [0.25, 0.3) is 0 Å². The van der Waals surface area contributed by atoms with Crippen molar-refractivity contribution in [1.82, 2.24) is 0 Å². The number of rotatable bonds is 4. The Morgan fingerprint density at radius 3 is 2.65 bits per heavy atom. The van der Waals surface area contributed by atoms with Gasteiger partial charge >= 0.3 is 0 Å². The number of benzene rings is 1. The van der Waals surface area contributed by atoms with Gasteiger partial charge in [0.25, 0.3) is 0 Å². The predicted octanol–water partition coefficient (Wildman–Crippen LogP) is 4.59. The zero-order valence-electron chi connectivity index (χ0n) is 12.9. The zero-order valence-corrected chi connectivity index (χ0v) is 13.7. The SMILES string of the molecule is CSc1cccc(NC(=O)C2C(C=C(C)C)C2(C)C)c1. The minimum absolute atomic E-state index is 0.0679. The third-order valence-corrected chi connectivity index (χ3v) is 4.77. The Morgan fingerprint density at radius 1 is 1.35 bits per heavy atom. The quantitative estimate of drug-likeness (QED) is 0.649. The lowest BCUT2D eigenvalue weighted by atomic mass is 10.1. The van der Waals surface area contributed by atoms with E-state index in [2.05, 4.69) is 39.1 Å². The second-order valence-corrected chi connectivity index (χ2v) is 7.17. The fourth-order valence-electron chi connectivity index (χ4n) is 2.77. The molecule has 3 heteroatoms. The number of carbonyl (C=O) groups excluding carboxylic acids is 1. The van der Waals surface area contributed by atoms with Gasteiger partial charge in [-0.15, -0.1) is 11.8 Å². The third kappa shape index (κ3) is 3.09. The minimum atomic E-state index is 0.0679. The van der Waals surface area contributed by atoms with Crippen molar-refractivity contribution < 1.29 is 4.79 Å². The molecule has 1 N–H and O–H groups in total. The summed E-state index contributed by atoms with van der Waals surface area (Å²) >= 11 is 1.68. The molecular weight excluding hydrogens is 266 g/mol. The largest absolute Gasteiger partial charge is 0.326 e. The van der Waals surface area contributed by atoms with Gasteiger partial charge in [0.1, 0.15) is 0 Å². The van der Waals surface area contributed by atoms with Crippen molar-refractivity contribution in [2.24, 2.45) is 17.3 Å². The predicted molar refractivity (Wildman–Crippen MR) is 87.0 cm³/mol. The molecule has 2 atom stereocenters. The lowest BCUT2D eigenvalue weighted by Crippen LogP contribution is -2.16. The van der Waals surface area contributed by atoms with E-state index in [4.69, 9.17) is 0 Å². The van der Waals surface area contributed by atoms with E-state index in [1.54, 1.807) is 11.8 Å². The Labute approximate surface area is 126 Å². The van der Waals surface area contributed by atoms with Gasteiger partial charge in [-0.25, -0.2) is 0 Å². The summed E-state index contributed by atoms with van der Waals surface area (Å²) in [6.45, 7) is 8.51. The standard InChI is InChI=1S/C17H23NOS/c1-11(2)9-14-15(17(14,3)4)16(19)18-12-7-6-8-13(10-12)20-5/h6-10,14-15H,1-5H3,(H,18,19). The highest BCUT2D eigenvalue weighted by Gasteiger charge is 2.60. The Bertz CT molecular complexity index is 544. The number of hydrogen-bond donors (Lipinski definition) is 1. The smallest absolute Gasteiger partial charge is 0.228 e. The summed E-state index contributed by atoms with van der Waals surface area (Å²) < 4.78 is 0. The first-order valence-corrected chi connectivity index (χ1v) is 8.18. The molecule has 0 bridgehead atoms. The summed E-state index contributed by atoms with van der Waals surface area (Å²) in [6.07, 6.45) is 4.26. The Hall–Kier alpha value is -1.22. The Kier molecular flexibility index (Phi) is 4.28. The molecule has 0 spiro atoms. The van der Waals surface area contributed by atoms with Crippen LogP contribution in [0.4, 0.5) is 5.69 Å². The second-order valence-electron chi connectivity index (χ2n) is 6.29. The van der Waals surface area contributed by atoms with Gasteiger partial charge < -0.3 is 5.32 Å². The highest BCUT2D eigenvalue weighted by Crippen LogP contribution is 2.59. The molecule has 2 nitrogen and oxygen atoms in total. The van der Waals surface area contributed by atoms with Crippen molar-refractivity contribution in [3.8, 4) is 0 Å². The molecule has 0 aliphatic heterocycles. The molecule has 2 rings (SSSR count). The monoisotopic (exact) mass is 289 g/mol. The highest BCUT2D eigenvalue weighted by molar-refractivity contribution is 7.98. The lowest BCUT2D eigenvalue weighted by molar-refractivity contribution is -0.118. The van der Waals surface area contributed by atoms with Crippen LogP contribution < -0.4 is 5.32 Å². The number of hydrogen-bond acceptors (Lipinski definition) is 2. The van der Waals surface area contributed by atoms with E-state index < -0.39 is 0 Å². The number of amides is 1. The van der Waals surface area contributed by atoms with E-state index in [-0.39, 0.29) is 17.2 Å². The molecule has 1 amide bonds. The molecule has 2 unspecified atom stereocenters. The maximum Gasteiger partial charge on any atom is 0.228 e. The van der Waals surface area contributed by atoms with Crippen molar-refractivity contribution in [2.75, 3.05) is 11.6 Å². The van der Waals surface area contributed by atoms with Crippen molar-refractivity contribution in [1.29, 1.82) is 0 Å². The fraction of sp³-hybridized carbons (Fsp3) is 0.471. The molecular formula is C17H23NOS. The third-order valence-electron chi connectivity index (χ3n) is 4.04. The molecule has 1 aliphatic rings. The first-order chi connectivity index (χ1) is 9.36. The number of anilines is 1. The molecule has 1 fully saturated rings. The molecule has 1 saturated carbocycles. The summed E-state index contributed by atoms with van der Waals surface area (Å²) in [6, 6.07) is 8.00. The van der Waals surface area contributed by atoms with Crippen LogP contribution in [-0.2, 0) is 4.79 Å². The van der Waals surface area contributed by atoms with Crippen molar-refractivity contribution in [3.05, 3.63) is 35.9 Å². The Balaban J connectivity index is 2.08. The van der Waals surface area contributed by atoms with Gasteiger partial charge in [0.15, 0.2) is 0 Å². The van der Waals surface area contributed by atoms with Crippen molar-refractivity contribution in [3.63, 3.8) is 0 Å². The molecule has 0 heterocycles. The summed E-state index contributed by atoms with van der Waals surface area (Å²) in [7, 11) is 0. The molecule has 108 valence electrons. The zero-order chi connectivity index (χ0) is 14.9. The maximum absolute atomic E-state index is 12.4. The normalized spacial score (nSPS) is 23.1. The first kappa shape index (κ1) is 15.2. The molecule has 0 aromatic heterocycles. The van der Waals surface area contributed by atoms with Crippen LogP contribution in [0, 0.1) is 17.3 Å². The van der Waals surface area contributed by atoms with Crippen LogP contribution in [0.5, 0.6) is 0 Å². The van der Waals surface area contributed by atoms with Gasteiger partial charge in [-0.3, -0.25) is 4.79 Å². The fourth-order valence-corrected chi connectivity index (χ4v) is 3.23. The average molecular weight is 289 g/mol. The van der Waals surface area contributed by atoms with Gasteiger partial charge in [-0.2, -0.15) is 0 Å². The number of nitrogens with one attached hydrogen (secondary N) is 1. The van der Waals surface area contributed by atoms with Crippen molar-refractivity contribution in [2.45, 2.75) is 32.6 Å². The van der Waals surface area contributed by atoms with Crippen LogP contribution in [0.3, 0.4) is 0 Å². The van der Waals surface area contributed by atoms with Crippen molar-refractivity contribution >= 4 is 23.4 Å². The van der Waals surface area contributed by atoms with Gasteiger partial charge in [0.2, 0.25) is 5.91 Å². The summed E-state index contributed by atoms with van der Waals surface area (Å²) in [5, 5.41) is 3.06. The van der Waals surface area contributed by atoms with E-state index >= 15 is 0 Å². The second kappa shape index (κ2) is 5.65. The molecule has 1 aromatic rings. The van der Waals surface area contributed by atoms with Crippen LogP contribution in [0.15, 0.2) is 40.8 Å². The molecule has 1 aliphatic carbocycles. The topological polar surface area (TPSA) is 29.1 Å². The average Bonchev–Trinajstić information content (AvgIpc) is 2.90. The van der Waals surface area contributed by atoms with Crippen LogP contribution in [0.1, 0.15) is 27.7 Å². The molecule has 0 radical (unpaired) electrons. The van der Waals surface area contributed by atoms with E-state index in [0.717, 1.165) is 5.69 Å². The van der Waals surface area contributed by atoms with Crippen LogP contribution >= 0.6 is 11.8 Å². The van der Waals surface area contributed by atoms with Gasteiger partial charge in [0.05, 0.1) is 5.92 Å². The number of carbonyl (C=O) groups is 1. The Morgan fingerprint density at radius 2 is 2.05 bits per heavy atom. The lowest BCUT2D eigenvalue weighted by Gasteiger charge is -2.07. The highest BCUT2D eigenvalue weighted by atomic mass is 32.2. The minimum Gasteiger partial charge on any atom is -0.326 e. The summed E-state index contributed by atoms with van der Waals surface area (Å²) in [5.41, 5.74) is 2.24. The number of allylic oxidation sites excluding steroid dienone is 2. The number of thioether (sulfide) groups is 1. The van der Waals surface area contributed by atoms with E-state index in [9.17, 15) is 4.79 Å². The van der Waals surface area contributed by atoms with Gasteiger partial charge in [-0.1, -0.05) is 31.6 Å². The van der Waals surface area contributed by atoms with E-state index in [1.165, 1.54) is 10.5 Å². The molecule has 20 heavy (non-hydrogen) atoms. The van der Waals surface area contributed by atoms with E-state index in [0.29, 0.717) is 5.92 Å². The van der Waals surface area contributed by atoms with Crippen LogP contribution in [0.2, 0.25) is 0 Å². The maximum atomic E-state index is 12.4. The van der Waals surface area contributed by atoms with Gasteiger partial charge in [0, 0.05) is 10.6 Å². The first-order valence-electron chi connectivity index (χ1n) is 6.96. The summed E-state index contributed by atoms with van der Waals surface area (Å²) in [4.78, 5) is 13.6. The molecule has 1 aromatic carbocycles. The molecule has 0 saturated heterocycles. The summed E-state index contributed by atoms with van der Waals surface area (Å²) in [5.74, 6) is 0.572. The van der Waals surface area contributed by atoms with E-state index in [1.807, 2.05) is 30.5 Å². The van der Waals surface area contributed by atoms with Crippen LogP contribution in [-0.4, -0.2) is 12.2 Å².